The number of rotatable bonds is 5. The Kier molecular flexibility index (Phi) is 4.76. The van der Waals surface area contributed by atoms with E-state index in [1.54, 1.807) is 0 Å². The van der Waals surface area contributed by atoms with Crippen molar-refractivity contribution >= 4 is 21.6 Å². The normalized spacial score (nSPS) is 24.3. The summed E-state index contributed by atoms with van der Waals surface area (Å²) in [5.41, 5.74) is 9.50. The summed E-state index contributed by atoms with van der Waals surface area (Å²) in [4.78, 5) is 12.3. The second-order valence-corrected chi connectivity index (χ2v) is 8.25. The predicted molar refractivity (Wildman–Crippen MR) is 91.8 cm³/mol. The molecule has 1 saturated carbocycles. The number of nitrogens with two attached hydrogens (primary N) is 1. The van der Waals surface area contributed by atoms with E-state index >= 15 is 0 Å². The van der Waals surface area contributed by atoms with E-state index in [0.717, 1.165) is 17.6 Å². The van der Waals surface area contributed by atoms with E-state index in [-0.39, 0.29) is 18.4 Å². The number of benzene rings is 1. The molecule has 24 heavy (non-hydrogen) atoms. The van der Waals surface area contributed by atoms with Crippen LogP contribution in [0, 0.1) is 0 Å². The molecule has 1 fully saturated rings. The van der Waals surface area contributed by atoms with Crippen LogP contribution < -0.4 is 11.1 Å². The summed E-state index contributed by atoms with van der Waals surface area (Å²) < 4.78 is 31.4. The van der Waals surface area contributed by atoms with Crippen molar-refractivity contribution in [2.75, 3.05) is 0 Å². The Morgan fingerprint density at radius 3 is 2.79 bits per heavy atom. The summed E-state index contributed by atoms with van der Waals surface area (Å²) in [5, 5.41) is 2.02. The van der Waals surface area contributed by atoms with Crippen molar-refractivity contribution in [2.45, 2.75) is 49.4 Å². The zero-order chi connectivity index (χ0) is 17.3. The first-order chi connectivity index (χ1) is 11.3. The molecule has 2 aliphatic rings. The lowest BCUT2D eigenvalue weighted by molar-refractivity contribution is -0.122. The highest BCUT2D eigenvalue weighted by atomic mass is 32.2. The van der Waals surface area contributed by atoms with Crippen LogP contribution in [-0.4, -0.2) is 36.2 Å². The van der Waals surface area contributed by atoms with Gasteiger partial charge < -0.3 is 11.1 Å². The summed E-state index contributed by atoms with van der Waals surface area (Å²) in [6.07, 6.45) is 4.55. The van der Waals surface area contributed by atoms with Crippen LogP contribution in [0.1, 0.15) is 36.8 Å². The van der Waals surface area contributed by atoms with Crippen molar-refractivity contribution < 1.29 is 17.8 Å². The maximum atomic E-state index is 12.3. The van der Waals surface area contributed by atoms with Crippen LogP contribution in [-0.2, 0) is 21.3 Å². The molecule has 2 aliphatic carbocycles. The Bertz CT molecular complexity index is 773. The van der Waals surface area contributed by atoms with Gasteiger partial charge in [-0.15, -0.1) is 0 Å². The first kappa shape index (κ1) is 17.1. The van der Waals surface area contributed by atoms with Gasteiger partial charge in [-0.05, 0) is 48.8 Å². The highest BCUT2D eigenvalue weighted by Gasteiger charge is 2.34. The summed E-state index contributed by atoms with van der Waals surface area (Å²) in [7, 11) is -4.04. The third-order valence-corrected chi connectivity index (χ3v) is 6.13. The molecule has 6 nitrogen and oxygen atoms in total. The van der Waals surface area contributed by atoms with Crippen LogP contribution in [0.3, 0.4) is 0 Å². The fraction of sp³-hybridized carbons (Fsp3) is 0.471. The fourth-order valence-corrected chi connectivity index (χ4v) is 4.44. The standard InChI is InChI=1S/C17H22N2O4S/c18-16(9-12-6-5-11-3-1-2-4-15(11)12)17(20)19-13-7-8-14(10-13)24(21,22)23/h1-4,6,13-14,16H,5,7-10,18H2,(H,19,20)(H,21,22,23)/t13?,14?,16-/m0/s1. The van der Waals surface area contributed by atoms with Gasteiger partial charge in [-0.1, -0.05) is 30.3 Å². The average molecular weight is 350 g/mol. The van der Waals surface area contributed by atoms with Crippen LogP contribution in [0.4, 0.5) is 0 Å². The molecule has 1 aromatic rings. The van der Waals surface area contributed by atoms with Crippen LogP contribution in [0.2, 0.25) is 0 Å². The largest absolute Gasteiger partial charge is 0.352 e. The Morgan fingerprint density at radius 1 is 1.33 bits per heavy atom. The molecule has 0 radical (unpaired) electrons. The molecule has 0 spiro atoms. The van der Waals surface area contributed by atoms with Crippen LogP contribution in [0.5, 0.6) is 0 Å². The van der Waals surface area contributed by atoms with Crippen LogP contribution >= 0.6 is 0 Å². The maximum absolute atomic E-state index is 12.3. The number of hydrogen-bond acceptors (Lipinski definition) is 4. The van der Waals surface area contributed by atoms with E-state index < -0.39 is 21.4 Å². The maximum Gasteiger partial charge on any atom is 0.267 e. The fourth-order valence-electron chi connectivity index (χ4n) is 3.53. The monoisotopic (exact) mass is 350 g/mol. The van der Waals surface area contributed by atoms with Crippen molar-refractivity contribution in [2.24, 2.45) is 5.73 Å². The lowest BCUT2D eigenvalue weighted by Gasteiger charge is -2.18. The van der Waals surface area contributed by atoms with E-state index in [0.29, 0.717) is 19.3 Å². The van der Waals surface area contributed by atoms with E-state index in [2.05, 4.69) is 17.5 Å². The lowest BCUT2D eigenvalue weighted by Crippen LogP contribution is -2.45. The van der Waals surface area contributed by atoms with E-state index in [9.17, 15) is 13.2 Å². The Morgan fingerprint density at radius 2 is 2.08 bits per heavy atom. The van der Waals surface area contributed by atoms with Gasteiger partial charge >= 0.3 is 0 Å². The molecule has 0 heterocycles. The van der Waals surface area contributed by atoms with Crippen molar-refractivity contribution in [3.8, 4) is 0 Å². The van der Waals surface area contributed by atoms with Crippen molar-refractivity contribution in [3.63, 3.8) is 0 Å². The van der Waals surface area contributed by atoms with Gasteiger partial charge in [-0.25, -0.2) is 0 Å². The van der Waals surface area contributed by atoms with Gasteiger partial charge in [0, 0.05) is 6.04 Å². The lowest BCUT2D eigenvalue weighted by atomic mass is 9.99. The molecular formula is C17H22N2O4S. The smallest absolute Gasteiger partial charge is 0.267 e. The van der Waals surface area contributed by atoms with Crippen molar-refractivity contribution in [1.82, 2.24) is 5.32 Å². The molecule has 1 amide bonds. The first-order valence-electron chi connectivity index (χ1n) is 8.14. The highest BCUT2D eigenvalue weighted by Crippen LogP contribution is 2.30. The second-order valence-electron chi connectivity index (χ2n) is 6.56. The molecule has 3 atom stereocenters. The molecule has 0 saturated heterocycles. The average Bonchev–Trinajstić information content (AvgIpc) is 3.14. The minimum absolute atomic E-state index is 0.239. The predicted octanol–water partition coefficient (Wildman–Crippen LogP) is 1.27. The summed E-state index contributed by atoms with van der Waals surface area (Å²) in [6, 6.07) is 7.14. The molecule has 0 aliphatic heterocycles. The zero-order valence-electron chi connectivity index (χ0n) is 13.3. The Hall–Kier alpha value is -1.70. The third-order valence-electron chi connectivity index (χ3n) is 4.86. The van der Waals surface area contributed by atoms with Crippen molar-refractivity contribution in [3.05, 3.63) is 41.5 Å². The Labute approximate surface area is 141 Å². The number of nitrogens with one attached hydrogen (secondary N) is 1. The highest BCUT2D eigenvalue weighted by molar-refractivity contribution is 7.86. The van der Waals surface area contributed by atoms with E-state index in [1.165, 1.54) is 5.56 Å². The first-order valence-corrected chi connectivity index (χ1v) is 9.64. The number of allylic oxidation sites excluding steroid dienone is 1. The molecule has 2 unspecified atom stereocenters. The molecule has 130 valence electrons. The number of hydrogen-bond donors (Lipinski definition) is 3. The second kappa shape index (κ2) is 6.66. The van der Waals surface area contributed by atoms with Gasteiger partial charge in [0.05, 0.1) is 11.3 Å². The topological polar surface area (TPSA) is 109 Å². The summed E-state index contributed by atoms with van der Waals surface area (Å²) >= 11 is 0. The van der Waals surface area contributed by atoms with Crippen molar-refractivity contribution in [1.29, 1.82) is 0 Å². The quantitative estimate of drug-likeness (QED) is 0.693. The van der Waals surface area contributed by atoms with E-state index in [4.69, 9.17) is 10.3 Å². The zero-order valence-corrected chi connectivity index (χ0v) is 14.1. The van der Waals surface area contributed by atoms with Crippen LogP contribution in [0.15, 0.2) is 30.3 Å². The third kappa shape index (κ3) is 3.68. The number of carbonyl (C=O) groups is 1. The number of fused-ring (bicyclic) bond motifs is 1. The van der Waals surface area contributed by atoms with E-state index in [1.807, 2.05) is 18.2 Å². The molecular weight excluding hydrogens is 328 g/mol. The number of amides is 1. The molecule has 3 rings (SSSR count). The molecule has 1 aromatic carbocycles. The van der Waals surface area contributed by atoms with Gasteiger partial charge in [0.2, 0.25) is 5.91 Å². The molecule has 0 bridgehead atoms. The van der Waals surface area contributed by atoms with Crippen LogP contribution in [0.25, 0.3) is 5.57 Å². The van der Waals surface area contributed by atoms with Gasteiger partial charge in [0.1, 0.15) is 0 Å². The minimum Gasteiger partial charge on any atom is -0.352 e. The molecule has 7 heteroatoms. The summed E-state index contributed by atoms with van der Waals surface area (Å²) in [5.74, 6) is -0.277. The molecule has 0 aromatic heterocycles. The van der Waals surface area contributed by atoms with Gasteiger partial charge in [0.25, 0.3) is 10.1 Å². The Balaban J connectivity index is 1.55. The molecule has 4 N–H and O–H groups in total. The minimum atomic E-state index is -4.04. The van der Waals surface area contributed by atoms with Gasteiger partial charge in [0.15, 0.2) is 0 Å². The summed E-state index contributed by atoms with van der Waals surface area (Å²) in [6.45, 7) is 0. The van der Waals surface area contributed by atoms with Gasteiger partial charge in [-0.2, -0.15) is 8.42 Å². The van der Waals surface area contributed by atoms with Gasteiger partial charge in [-0.3, -0.25) is 9.35 Å². The number of carbonyl (C=O) groups excluding carboxylic acids is 1. The SMILES string of the molecule is N[C@@H](CC1=CCc2ccccc21)C(=O)NC1CCC(S(=O)(=O)O)C1.